The van der Waals surface area contributed by atoms with Crippen molar-refractivity contribution < 1.29 is 5.11 Å². The van der Waals surface area contributed by atoms with Crippen molar-refractivity contribution in [1.82, 2.24) is 9.55 Å². The summed E-state index contributed by atoms with van der Waals surface area (Å²) in [6.45, 7) is 2.06. The van der Waals surface area contributed by atoms with Gasteiger partial charge in [0.05, 0.1) is 12.0 Å². The number of imidazole rings is 1. The zero-order valence-corrected chi connectivity index (χ0v) is 20.7. The fourth-order valence-electron chi connectivity index (χ4n) is 5.62. The highest BCUT2D eigenvalue weighted by atomic mass is 16.3. The van der Waals surface area contributed by atoms with Crippen molar-refractivity contribution in [2.24, 2.45) is 0 Å². The second-order valence-electron chi connectivity index (χ2n) is 9.36. The van der Waals surface area contributed by atoms with Crippen LogP contribution in [0.2, 0.25) is 0 Å². The summed E-state index contributed by atoms with van der Waals surface area (Å²) in [5, 5.41) is 13.8. The van der Waals surface area contributed by atoms with Crippen LogP contribution in [0.1, 0.15) is 39.7 Å². The smallest absolute Gasteiger partial charge is 0.123 e. The minimum Gasteiger partial charge on any atom is -0.382 e. The number of aromatic nitrogens is 2. The summed E-state index contributed by atoms with van der Waals surface area (Å²) in [4.78, 5) is 4.85. The molecule has 0 aliphatic carbocycles. The molecule has 5 aromatic carbocycles. The van der Waals surface area contributed by atoms with Gasteiger partial charge in [0.25, 0.3) is 0 Å². The van der Waals surface area contributed by atoms with Crippen LogP contribution in [-0.4, -0.2) is 14.7 Å². The number of aliphatic hydroxyl groups is 1. The highest BCUT2D eigenvalue weighted by molar-refractivity contribution is 5.86. The van der Waals surface area contributed by atoms with E-state index in [4.69, 9.17) is 4.98 Å². The van der Waals surface area contributed by atoms with Crippen LogP contribution in [0.3, 0.4) is 0 Å². The molecule has 3 heteroatoms. The lowest BCUT2D eigenvalue weighted by Gasteiger charge is -2.38. The van der Waals surface area contributed by atoms with E-state index in [1.54, 1.807) is 0 Å². The highest BCUT2D eigenvalue weighted by Gasteiger charge is 2.40. The quantitative estimate of drug-likeness (QED) is 0.255. The summed E-state index contributed by atoms with van der Waals surface area (Å²) < 4.78 is 2.22. The molecule has 1 N–H and O–H groups in total. The second kappa shape index (κ2) is 9.53. The molecule has 0 amide bonds. The Labute approximate surface area is 217 Å². The Morgan fingerprint density at radius 3 is 1.68 bits per heavy atom. The van der Waals surface area contributed by atoms with E-state index in [9.17, 15) is 5.11 Å². The fraction of sp³-hybridized carbons (Fsp3) is 0.0882. The second-order valence-corrected chi connectivity index (χ2v) is 9.36. The first-order valence-corrected chi connectivity index (χ1v) is 12.6. The van der Waals surface area contributed by atoms with Gasteiger partial charge in [0.1, 0.15) is 11.6 Å². The number of nitrogens with zero attached hydrogens (tertiary/aromatic N) is 2. The molecule has 0 aliphatic heterocycles. The normalized spacial score (nSPS) is 12.5. The minimum atomic E-state index is -0.854. The van der Waals surface area contributed by atoms with Gasteiger partial charge >= 0.3 is 0 Å². The minimum absolute atomic E-state index is 0.656. The Morgan fingerprint density at radius 2 is 1.11 bits per heavy atom. The van der Waals surface area contributed by atoms with Crippen LogP contribution in [0.25, 0.3) is 10.8 Å². The van der Waals surface area contributed by atoms with Crippen molar-refractivity contribution in [3.8, 4) is 0 Å². The molecule has 3 nitrogen and oxygen atoms in total. The Kier molecular flexibility index (Phi) is 5.91. The van der Waals surface area contributed by atoms with Crippen molar-refractivity contribution in [3.63, 3.8) is 0 Å². The maximum atomic E-state index is 11.7. The number of hydrogen-bond acceptors (Lipinski definition) is 2. The summed E-state index contributed by atoms with van der Waals surface area (Å²) in [7, 11) is 0. The van der Waals surface area contributed by atoms with E-state index in [1.165, 1.54) is 0 Å². The highest BCUT2D eigenvalue weighted by Crippen LogP contribution is 2.43. The number of fused-ring (bicyclic) bond motifs is 1. The Balaban J connectivity index is 1.61. The van der Waals surface area contributed by atoms with Crippen molar-refractivity contribution in [2.75, 3.05) is 0 Å². The SMILES string of the molecule is Cc1c(C(O)c2cccc3ccccc23)ncn1C(c1ccccc1)(c1ccccc1)c1ccccc1. The van der Waals surface area contributed by atoms with E-state index in [2.05, 4.69) is 102 Å². The monoisotopic (exact) mass is 480 g/mol. The Hall–Kier alpha value is -4.47. The Morgan fingerprint density at radius 1 is 0.622 bits per heavy atom. The molecule has 0 bridgehead atoms. The summed E-state index contributed by atoms with van der Waals surface area (Å²) in [5.74, 6) is 0. The van der Waals surface area contributed by atoms with Gasteiger partial charge < -0.3 is 9.67 Å². The number of aliphatic hydroxyl groups excluding tert-OH is 1. The lowest BCUT2D eigenvalue weighted by molar-refractivity contribution is 0.216. The Bertz CT molecular complexity index is 1540. The van der Waals surface area contributed by atoms with Gasteiger partial charge in [0.2, 0.25) is 0 Å². The van der Waals surface area contributed by atoms with Gasteiger partial charge in [-0.05, 0) is 39.9 Å². The van der Waals surface area contributed by atoms with E-state index in [0.29, 0.717) is 5.69 Å². The number of benzene rings is 5. The largest absolute Gasteiger partial charge is 0.382 e. The summed E-state index contributed by atoms with van der Waals surface area (Å²) in [5.41, 5.74) is 5.13. The van der Waals surface area contributed by atoms with Gasteiger partial charge in [0, 0.05) is 5.69 Å². The summed E-state index contributed by atoms with van der Waals surface area (Å²) >= 11 is 0. The van der Waals surface area contributed by atoms with Crippen molar-refractivity contribution in [3.05, 3.63) is 173 Å². The molecule has 1 unspecified atom stereocenters. The zero-order chi connectivity index (χ0) is 25.2. The topological polar surface area (TPSA) is 38.1 Å². The molecule has 37 heavy (non-hydrogen) atoms. The lowest BCUT2D eigenvalue weighted by Crippen LogP contribution is -2.38. The van der Waals surface area contributed by atoms with E-state index in [0.717, 1.165) is 38.7 Å². The standard InChI is InChI=1S/C34H28N2O/c1-25-32(33(37)31-23-13-15-26-14-11-12-22-30(26)31)35-24-36(25)34(27-16-5-2-6-17-27,28-18-7-3-8-19-28)29-20-9-4-10-21-29/h2-24,33,37H,1H3. The third-order valence-corrected chi connectivity index (χ3v) is 7.36. The number of rotatable bonds is 6. The molecule has 6 aromatic rings. The molecule has 0 radical (unpaired) electrons. The van der Waals surface area contributed by atoms with E-state index < -0.39 is 11.6 Å². The first-order chi connectivity index (χ1) is 18.2. The van der Waals surface area contributed by atoms with Gasteiger partial charge in [-0.1, -0.05) is 133 Å². The molecule has 1 aromatic heterocycles. The first kappa shape index (κ1) is 23.0. The van der Waals surface area contributed by atoms with E-state index in [-0.39, 0.29) is 0 Å². The molecule has 6 rings (SSSR count). The number of hydrogen-bond donors (Lipinski definition) is 1. The van der Waals surface area contributed by atoms with Gasteiger partial charge in [-0.2, -0.15) is 0 Å². The molecule has 0 aliphatic rings. The molecular formula is C34H28N2O. The predicted molar refractivity (Wildman–Crippen MR) is 150 cm³/mol. The molecule has 0 spiro atoms. The van der Waals surface area contributed by atoms with Gasteiger partial charge in [-0.25, -0.2) is 4.98 Å². The third-order valence-electron chi connectivity index (χ3n) is 7.36. The molecule has 0 saturated carbocycles. The average molecular weight is 481 g/mol. The maximum absolute atomic E-state index is 11.7. The van der Waals surface area contributed by atoms with E-state index >= 15 is 0 Å². The van der Waals surface area contributed by atoms with Crippen LogP contribution in [0, 0.1) is 6.92 Å². The first-order valence-electron chi connectivity index (χ1n) is 12.6. The molecule has 0 fully saturated rings. The zero-order valence-electron chi connectivity index (χ0n) is 20.7. The van der Waals surface area contributed by atoms with E-state index in [1.807, 2.05) is 48.8 Å². The molecule has 180 valence electrons. The van der Waals surface area contributed by atoms with Gasteiger partial charge in [-0.15, -0.1) is 0 Å². The fourth-order valence-corrected chi connectivity index (χ4v) is 5.62. The van der Waals surface area contributed by atoms with Crippen molar-refractivity contribution in [1.29, 1.82) is 0 Å². The van der Waals surface area contributed by atoms with Crippen molar-refractivity contribution >= 4 is 10.8 Å². The van der Waals surface area contributed by atoms with Crippen LogP contribution < -0.4 is 0 Å². The summed E-state index contributed by atoms with van der Waals surface area (Å²) in [6, 6.07) is 45.8. The third kappa shape index (κ3) is 3.76. The van der Waals surface area contributed by atoms with Crippen LogP contribution in [-0.2, 0) is 5.54 Å². The van der Waals surface area contributed by atoms with Gasteiger partial charge in [-0.3, -0.25) is 0 Å². The molecular weight excluding hydrogens is 452 g/mol. The molecule has 1 atom stereocenters. The van der Waals surface area contributed by atoms with Gasteiger partial charge in [0.15, 0.2) is 0 Å². The van der Waals surface area contributed by atoms with Crippen LogP contribution in [0.15, 0.2) is 140 Å². The predicted octanol–water partition coefficient (Wildman–Crippen LogP) is 7.27. The van der Waals surface area contributed by atoms with Crippen LogP contribution >= 0.6 is 0 Å². The average Bonchev–Trinajstić information content (AvgIpc) is 3.36. The van der Waals surface area contributed by atoms with Crippen LogP contribution in [0.4, 0.5) is 0 Å². The van der Waals surface area contributed by atoms with Crippen molar-refractivity contribution in [2.45, 2.75) is 18.6 Å². The summed E-state index contributed by atoms with van der Waals surface area (Å²) in [6.07, 6.45) is 1.03. The van der Waals surface area contributed by atoms with Crippen LogP contribution in [0.5, 0.6) is 0 Å². The molecule has 1 heterocycles. The molecule has 0 saturated heterocycles. The lowest BCUT2D eigenvalue weighted by atomic mass is 9.76. The maximum Gasteiger partial charge on any atom is 0.123 e.